The maximum atomic E-state index is 13.5. The van der Waals surface area contributed by atoms with Gasteiger partial charge in [-0.1, -0.05) is 0 Å². The number of likely N-dealkylation sites (tertiary alicyclic amines) is 2. The quantitative estimate of drug-likeness (QED) is 0.578. The average Bonchev–Trinajstić information content (AvgIpc) is 3.41. The number of hydrogen-bond acceptors (Lipinski definition) is 6. The average molecular weight is 530 g/mol. The van der Waals surface area contributed by atoms with Crippen LogP contribution in [0, 0.1) is 0 Å². The van der Waals surface area contributed by atoms with Crippen LogP contribution in [0.1, 0.15) is 69.7 Å². The third-order valence-electron chi connectivity index (χ3n) is 7.21. The molecule has 1 atom stereocenters. The molecule has 0 radical (unpaired) electrons. The number of hydrogen-bond donors (Lipinski definition) is 0. The topological polar surface area (TPSA) is 97.2 Å². The summed E-state index contributed by atoms with van der Waals surface area (Å²) in [6.07, 6.45) is -4.06. The number of carbonyl (C=O) groups is 3. The first-order valence-electron chi connectivity index (χ1n) is 12.6. The smallest absolute Gasteiger partial charge is 0.425 e. The number of carbonyl (C=O) groups excluding carboxylic acids is 3. The summed E-state index contributed by atoms with van der Waals surface area (Å²) < 4.78 is 50.2. The standard InChI is InChI=1S/C24H34F3N5O5/c1-16(24(25,26)27)36-20(34)29-10-7-23(8-11-29)6-5-9-32(23)19(33)17-14-30-12-13-31(15-18(30)28-17)21(35)37-22(2,3)4/h14,16H,5-13,15H2,1-4H3. The van der Waals surface area contributed by atoms with Gasteiger partial charge in [-0.05, 0) is 53.4 Å². The van der Waals surface area contributed by atoms with Crippen molar-refractivity contribution in [3.05, 3.63) is 17.7 Å². The fourth-order valence-corrected chi connectivity index (χ4v) is 5.15. The van der Waals surface area contributed by atoms with Crippen LogP contribution in [-0.2, 0) is 22.6 Å². The molecule has 206 valence electrons. The minimum absolute atomic E-state index is 0.206. The normalized spacial score (nSPS) is 20.6. The van der Waals surface area contributed by atoms with Gasteiger partial charge in [0.25, 0.3) is 5.91 Å². The molecule has 0 aliphatic carbocycles. The maximum Gasteiger partial charge on any atom is 0.425 e. The van der Waals surface area contributed by atoms with Crippen molar-refractivity contribution in [2.75, 3.05) is 26.2 Å². The van der Waals surface area contributed by atoms with Crippen molar-refractivity contribution in [2.45, 2.75) is 89.9 Å². The fourth-order valence-electron chi connectivity index (χ4n) is 5.15. The number of nitrogens with zero attached hydrogens (tertiary/aromatic N) is 5. The second-order valence-corrected chi connectivity index (χ2v) is 11.0. The molecule has 3 aliphatic rings. The van der Waals surface area contributed by atoms with Crippen LogP contribution in [0.15, 0.2) is 6.20 Å². The summed E-state index contributed by atoms with van der Waals surface area (Å²) in [6.45, 7) is 8.33. The monoisotopic (exact) mass is 529 g/mol. The third-order valence-corrected chi connectivity index (χ3v) is 7.21. The Morgan fingerprint density at radius 2 is 1.65 bits per heavy atom. The summed E-state index contributed by atoms with van der Waals surface area (Å²) in [7, 11) is 0. The Labute approximate surface area is 213 Å². The number of halogens is 3. The van der Waals surface area contributed by atoms with Crippen LogP contribution in [0.2, 0.25) is 0 Å². The molecule has 37 heavy (non-hydrogen) atoms. The fraction of sp³-hybridized carbons (Fsp3) is 0.750. The predicted octanol–water partition coefficient (Wildman–Crippen LogP) is 3.79. The first-order valence-corrected chi connectivity index (χ1v) is 12.6. The van der Waals surface area contributed by atoms with Gasteiger partial charge in [0.05, 0.1) is 6.54 Å². The van der Waals surface area contributed by atoms with Crippen molar-refractivity contribution < 1.29 is 37.0 Å². The van der Waals surface area contributed by atoms with Crippen LogP contribution in [0.25, 0.3) is 0 Å². The number of alkyl halides is 3. The van der Waals surface area contributed by atoms with E-state index in [9.17, 15) is 27.6 Å². The lowest BCUT2D eigenvalue weighted by Gasteiger charge is -2.44. The largest absolute Gasteiger partial charge is 0.444 e. The Hall–Kier alpha value is -2.99. The molecule has 1 aromatic rings. The van der Waals surface area contributed by atoms with Crippen LogP contribution < -0.4 is 0 Å². The van der Waals surface area contributed by atoms with Crippen LogP contribution in [0.3, 0.4) is 0 Å². The van der Waals surface area contributed by atoms with E-state index >= 15 is 0 Å². The zero-order valence-electron chi connectivity index (χ0n) is 21.6. The van der Waals surface area contributed by atoms with Crippen molar-refractivity contribution in [1.82, 2.24) is 24.3 Å². The van der Waals surface area contributed by atoms with Gasteiger partial charge in [-0.25, -0.2) is 14.6 Å². The van der Waals surface area contributed by atoms with Gasteiger partial charge in [-0.2, -0.15) is 13.2 Å². The molecule has 4 rings (SSSR count). The molecule has 1 unspecified atom stereocenters. The second kappa shape index (κ2) is 9.71. The molecule has 10 nitrogen and oxygen atoms in total. The highest BCUT2D eigenvalue weighted by Crippen LogP contribution is 2.39. The summed E-state index contributed by atoms with van der Waals surface area (Å²) >= 11 is 0. The lowest BCUT2D eigenvalue weighted by Crippen LogP contribution is -2.55. The number of aromatic nitrogens is 2. The van der Waals surface area contributed by atoms with E-state index in [2.05, 4.69) is 9.72 Å². The van der Waals surface area contributed by atoms with Crippen molar-refractivity contribution in [1.29, 1.82) is 0 Å². The van der Waals surface area contributed by atoms with E-state index < -0.39 is 35.6 Å². The zero-order chi connectivity index (χ0) is 27.2. The van der Waals surface area contributed by atoms with Gasteiger partial charge in [-0.3, -0.25) is 9.69 Å². The van der Waals surface area contributed by atoms with E-state index in [-0.39, 0.29) is 25.5 Å². The number of amides is 3. The van der Waals surface area contributed by atoms with Gasteiger partial charge in [-0.15, -0.1) is 0 Å². The SMILES string of the molecule is CC(OC(=O)N1CCC2(CCCN2C(=O)c2cn3c(n2)CN(C(=O)OC(C)(C)C)CC3)CC1)C(F)(F)F. The Balaban J connectivity index is 1.39. The van der Waals surface area contributed by atoms with Crippen molar-refractivity contribution in [3.8, 4) is 0 Å². The number of fused-ring (bicyclic) bond motifs is 1. The summed E-state index contributed by atoms with van der Waals surface area (Å²) in [6, 6.07) is 0. The Bertz CT molecular complexity index is 1040. The van der Waals surface area contributed by atoms with E-state index in [4.69, 9.17) is 4.74 Å². The molecule has 0 saturated carbocycles. The van der Waals surface area contributed by atoms with Gasteiger partial charge < -0.3 is 23.8 Å². The van der Waals surface area contributed by atoms with Gasteiger partial charge in [0, 0.05) is 44.5 Å². The number of imidazole rings is 1. The summed E-state index contributed by atoms with van der Waals surface area (Å²) in [5.74, 6) is 0.384. The van der Waals surface area contributed by atoms with E-state index in [1.54, 1.807) is 36.8 Å². The molecule has 13 heteroatoms. The Morgan fingerprint density at radius 3 is 2.27 bits per heavy atom. The number of piperidine rings is 1. The first-order chi connectivity index (χ1) is 17.2. The van der Waals surface area contributed by atoms with Crippen LogP contribution in [-0.4, -0.2) is 91.9 Å². The zero-order valence-corrected chi connectivity index (χ0v) is 21.6. The lowest BCUT2D eigenvalue weighted by molar-refractivity contribution is -0.200. The molecule has 2 saturated heterocycles. The minimum atomic E-state index is -4.62. The van der Waals surface area contributed by atoms with E-state index in [1.165, 1.54) is 4.90 Å². The van der Waals surface area contributed by atoms with Crippen LogP contribution in [0.4, 0.5) is 22.8 Å². The van der Waals surface area contributed by atoms with Gasteiger partial charge in [0.2, 0.25) is 0 Å². The predicted molar refractivity (Wildman–Crippen MR) is 125 cm³/mol. The Kier molecular flexibility index (Phi) is 7.10. The molecule has 1 spiro atoms. The molecular weight excluding hydrogens is 495 g/mol. The first kappa shape index (κ1) is 27.1. The van der Waals surface area contributed by atoms with Crippen LogP contribution >= 0.6 is 0 Å². The molecule has 3 amide bonds. The van der Waals surface area contributed by atoms with Gasteiger partial charge in [0.1, 0.15) is 17.1 Å². The molecule has 0 bridgehead atoms. The van der Waals surface area contributed by atoms with Crippen molar-refractivity contribution >= 4 is 18.1 Å². The molecule has 4 heterocycles. The molecule has 0 N–H and O–H groups in total. The minimum Gasteiger partial charge on any atom is -0.444 e. The highest BCUT2D eigenvalue weighted by atomic mass is 19.4. The molecule has 2 fully saturated rings. The van der Waals surface area contributed by atoms with Gasteiger partial charge >= 0.3 is 18.4 Å². The summed E-state index contributed by atoms with van der Waals surface area (Å²) in [5.41, 5.74) is -0.794. The molecule has 0 aromatic carbocycles. The Morgan fingerprint density at radius 1 is 0.973 bits per heavy atom. The van der Waals surface area contributed by atoms with E-state index in [0.717, 1.165) is 19.8 Å². The highest BCUT2D eigenvalue weighted by molar-refractivity contribution is 5.93. The molecule has 1 aromatic heterocycles. The third kappa shape index (κ3) is 5.80. The number of rotatable bonds is 2. The summed E-state index contributed by atoms with van der Waals surface area (Å²) in [5, 5.41) is 0. The molecule has 3 aliphatic heterocycles. The van der Waals surface area contributed by atoms with Gasteiger partial charge in [0.15, 0.2) is 6.10 Å². The maximum absolute atomic E-state index is 13.5. The van der Waals surface area contributed by atoms with E-state index in [1.807, 2.05) is 4.57 Å². The van der Waals surface area contributed by atoms with Crippen LogP contribution in [0.5, 0.6) is 0 Å². The number of ether oxygens (including phenoxy) is 2. The summed E-state index contributed by atoms with van der Waals surface area (Å²) in [4.78, 5) is 47.4. The molecular formula is C24H34F3N5O5. The highest BCUT2D eigenvalue weighted by Gasteiger charge is 2.48. The van der Waals surface area contributed by atoms with Crippen molar-refractivity contribution in [2.24, 2.45) is 0 Å². The van der Waals surface area contributed by atoms with E-state index in [0.29, 0.717) is 44.0 Å². The lowest BCUT2D eigenvalue weighted by atomic mass is 9.85. The van der Waals surface area contributed by atoms with Crippen molar-refractivity contribution in [3.63, 3.8) is 0 Å². The second-order valence-electron chi connectivity index (χ2n) is 11.0.